The molecule has 0 saturated heterocycles. The van der Waals surface area contributed by atoms with Gasteiger partial charge in [0.15, 0.2) is 0 Å². The van der Waals surface area contributed by atoms with Crippen molar-refractivity contribution in [2.75, 3.05) is 6.54 Å². The van der Waals surface area contributed by atoms with Crippen LogP contribution in [0, 0.1) is 0 Å². The van der Waals surface area contributed by atoms with Crippen LogP contribution in [0.5, 0.6) is 5.75 Å². The van der Waals surface area contributed by atoms with Gasteiger partial charge in [0, 0.05) is 36.3 Å². The normalized spacial score (nSPS) is 15.2. The molecule has 0 saturated carbocycles. The van der Waals surface area contributed by atoms with E-state index in [2.05, 4.69) is 30.8 Å². The van der Waals surface area contributed by atoms with Gasteiger partial charge in [-0.2, -0.15) is 5.10 Å². The molecule has 20 heavy (non-hydrogen) atoms. The van der Waals surface area contributed by atoms with E-state index in [0.29, 0.717) is 0 Å². The largest absolute Gasteiger partial charge is 0.508 e. The van der Waals surface area contributed by atoms with Crippen molar-refractivity contribution in [3.8, 4) is 17.0 Å². The highest BCUT2D eigenvalue weighted by Gasteiger charge is 2.26. The SMILES string of the molecule is CC(C)(C)n1nc(-c2ccc(O)cc2)c2c1CCNC2. The molecule has 4 heteroatoms. The topological polar surface area (TPSA) is 50.1 Å². The number of fused-ring (bicyclic) bond motifs is 1. The molecule has 0 amide bonds. The van der Waals surface area contributed by atoms with E-state index in [1.165, 1.54) is 11.3 Å². The van der Waals surface area contributed by atoms with Crippen LogP contribution >= 0.6 is 0 Å². The minimum absolute atomic E-state index is 0.0173. The first-order valence-electron chi connectivity index (χ1n) is 7.08. The van der Waals surface area contributed by atoms with E-state index in [9.17, 15) is 5.11 Å². The fraction of sp³-hybridized carbons (Fsp3) is 0.438. The molecule has 1 aliphatic heterocycles. The van der Waals surface area contributed by atoms with Crippen LogP contribution in [0.2, 0.25) is 0 Å². The zero-order valence-corrected chi connectivity index (χ0v) is 12.3. The Morgan fingerprint density at radius 3 is 2.55 bits per heavy atom. The van der Waals surface area contributed by atoms with Crippen molar-refractivity contribution in [1.82, 2.24) is 15.1 Å². The molecule has 0 bridgehead atoms. The van der Waals surface area contributed by atoms with E-state index < -0.39 is 0 Å². The number of nitrogens with zero attached hydrogens (tertiary/aromatic N) is 2. The molecular formula is C16H21N3O. The standard InChI is InChI=1S/C16H21N3O/c1-16(2,3)19-14-8-9-17-10-13(14)15(18-19)11-4-6-12(20)7-5-11/h4-7,17,20H,8-10H2,1-3H3. The summed E-state index contributed by atoms with van der Waals surface area (Å²) in [6, 6.07) is 7.29. The molecule has 106 valence electrons. The van der Waals surface area contributed by atoms with Gasteiger partial charge in [0.25, 0.3) is 0 Å². The van der Waals surface area contributed by atoms with Crippen LogP contribution in [-0.2, 0) is 18.5 Å². The van der Waals surface area contributed by atoms with Gasteiger partial charge in [-0.1, -0.05) is 0 Å². The molecule has 0 spiro atoms. The Balaban J connectivity index is 2.16. The summed E-state index contributed by atoms with van der Waals surface area (Å²) in [7, 11) is 0. The predicted molar refractivity (Wildman–Crippen MR) is 79.7 cm³/mol. The second-order valence-corrected chi connectivity index (χ2v) is 6.33. The summed E-state index contributed by atoms with van der Waals surface area (Å²) in [5, 5.41) is 17.7. The van der Waals surface area contributed by atoms with Gasteiger partial charge in [0.1, 0.15) is 5.75 Å². The lowest BCUT2D eigenvalue weighted by atomic mass is 10.0. The average molecular weight is 271 g/mol. The zero-order chi connectivity index (χ0) is 14.3. The molecule has 4 nitrogen and oxygen atoms in total. The van der Waals surface area contributed by atoms with Crippen LogP contribution in [-0.4, -0.2) is 21.4 Å². The van der Waals surface area contributed by atoms with Crippen molar-refractivity contribution in [2.45, 2.75) is 39.3 Å². The molecular weight excluding hydrogens is 250 g/mol. The first-order valence-corrected chi connectivity index (χ1v) is 7.08. The smallest absolute Gasteiger partial charge is 0.115 e. The van der Waals surface area contributed by atoms with E-state index in [1.54, 1.807) is 12.1 Å². The fourth-order valence-corrected chi connectivity index (χ4v) is 2.75. The van der Waals surface area contributed by atoms with E-state index in [4.69, 9.17) is 5.10 Å². The molecule has 2 N–H and O–H groups in total. The number of hydrogen-bond acceptors (Lipinski definition) is 3. The molecule has 0 fully saturated rings. The maximum atomic E-state index is 9.44. The maximum absolute atomic E-state index is 9.44. The Bertz CT molecular complexity index is 620. The number of phenolic OH excluding ortho intramolecular Hbond substituents is 1. The third-order valence-electron chi connectivity index (χ3n) is 3.71. The van der Waals surface area contributed by atoms with Gasteiger partial charge in [0.2, 0.25) is 0 Å². The molecule has 1 aliphatic rings. The number of benzene rings is 1. The lowest BCUT2D eigenvalue weighted by molar-refractivity contribution is 0.340. The van der Waals surface area contributed by atoms with E-state index in [-0.39, 0.29) is 11.3 Å². The Morgan fingerprint density at radius 1 is 1.20 bits per heavy atom. The van der Waals surface area contributed by atoms with E-state index >= 15 is 0 Å². The third kappa shape index (κ3) is 2.20. The molecule has 0 unspecified atom stereocenters. The van der Waals surface area contributed by atoms with Gasteiger partial charge < -0.3 is 10.4 Å². The van der Waals surface area contributed by atoms with Crippen molar-refractivity contribution in [3.63, 3.8) is 0 Å². The van der Waals surface area contributed by atoms with Gasteiger partial charge in [0.05, 0.1) is 11.2 Å². The van der Waals surface area contributed by atoms with Gasteiger partial charge in [-0.15, -0.1) is 0 Å². The number of phenols is 1. The average Bonchev–Trinajstić information content (AvgIpc) is 2.79. The van der Waals surface area contributed by atoms with Gasteiger partial charge in [-0.05, 0) is 45.0 Å². The monoisotopic (exact) mass is 271 g/mol. The summed E-state index contributed by atoms with van der Waals surface area (Å²) in [5.41, 5.74) is 4.69. The number of aromatic nitrogens is 2. The highest BCUT2D eigenvalue weighted by Crippen LogP contribution is 2.31. The van der Waals surface area contributed by atoms with Crippen LogP contribution < -0.4 is 5.32 Å². The Morgan fingerprint density at radius 2 is 1.90 bits per heavy atom. The lowest BCUT2D eigenvalue weighted by Gasteiger charge is -2.24. The van der Waals surface area contributed by atoms with Crippen molar-refractivity contribution in [3.05, 3.63) is 35.5 Å². The highest BCUT2D eigenvalue weighted by molar-refractivity contribution is 5.65. The predicted octanol–water partition coefficient (Wildman–Crippen LogP) is 2.66. The lowest BCUT2D eigenvalue weighted by Crippen LogP contribution is -2.30. The summed E-state index contributed by atoms with van der Waals surface area (Å²) < 4.78 is 2.16. The van der Waals surface area contributed by atoms with Crippen LogP contribution in [0.3, 0.4) is 0 Å². The number of nitrogens with one attached hydrogen (secondary N) is 1. The highest BCUT2D eigenvalue weighted by atomic mass is 16.3. The summed E-state index contributed by atoms with van der Waals surface area (Å²) in [6.07, 6.45) is 1.01. The van der Waals surface area contributed by atoms with Crippen LogP contribution in [0.15, 0.2) is 24.3 Å². The van der Waals surface area contributed by atoms with Gasteiger partial charge >= 0.3 is 0 Å². The molecule has 0 radical (unpaired) electrons. The second-order valence-electron chi connectivity index (χ2n) is 6.33. The van der Waals surface area contributed by atoms with Crippen LogP contribution in [0.25, 0.3) is 11.3 Å². The minimum Gasteiger partial charge on any atom is -0.508 e. The van der Waals surface area contributed by atoms with Gasteiger partial charge in [-0.3, -0.25) is 4.68 Å². The summed E-state index contributed by atoms with van der Waals surface area (Å²) in [5.74, 6) is 0.288. The third-order valence-corrected chi connectivity index (χ3v) is 3.71. The summed E-state index contributed by atoms with van der Waals surface area (Å²) in [6.45, 7) is 8.42. The molecule has 0 aliphatic carbocycles. The number of aromatic hydroxyl groups is 1. The second kappa shape index (κ2) is 4.63. The van der Waals surface area contributed by atoms with Crippen molar-refractivity contribution in [2.24, 2.45) is 0 Å². The van der Waals surface area contributed by atoms with Crippen molar-refractivity contribution in [1.29, 1.82) is 0 Å². The maximum Gasteiger partial charge on any atom is 0.115 e. The quantitative estimate of drug-likeness (QED) is 0.838. The first-order chi connectivity index (χ1) is 9.47. The summed E-state index contributed by atoms with van der Waals surface area (Å²) in [4.78, 5) is 0. The van der Waals surface area contributed by atoms with Crippen LogP contribution in [0.1, 0.15) is 32.0 Å². The fourth-order valence-electron chi connectivity index (χ4n) is 2.75. The Labute approximate surface area is 119 Å². The number of rotatable bonds is 1. The van der Waals surface area contributed by atoms with E-state index in [0.717, 1.165) is 30.8 Å². The molecule has 0 atom stereocenters. The molecule has 2 heterocycles. The van der Waals surface area contributed by atoms with E-state index in [1.807, 2.05) is 12.1 Å². The first kappa shape index (κ1) is 13.2. The molecule has 3 rings (SSSR count). The Kier molecular flexibility index (Phi) is 3.05. The minimum atomic E-state index is -0.0173. The van der Waals surface area contributed by atoms with Gasteiger partial charge in [-0.25, -0.2) is 0 Å². The zero-order valence-electron chi connectivity index (χ0n) is 12.3. The van der Waals surface area contributed by atoms with Crippen LogP contribution in [0.4, 0.5) is 0 Å². The summed E-state index contributed by atoms with van der Waals surface area (Å²) >= 11 is 0. The Hall–Kier alpha value is -1.81. The van der Waals surface area contributed by atoms with Crippen molar-refractivity contribution < 1.29 is 5.11 Å². The number of hydrogen-bond donors (Lipinski definition) is 2. The molecule has 1 aromatic carbocycles. The van der Waals surface area contributed by atoms with Crippen molar-refractivity contribution >= 4 is 0 Å². The molecule has 1 aromatic heterocycles. The molecule has 2 aromatic rings.